The fourth-order valence-electron chi connectivity index (χ4n) is 4.18. The molecule has 2 aliphatic heterocycles. The van der Waals surface area contributed by atoms with E-state index in [1.54, 1.807) is 6.20 Å². The van der Waals surface area contributed by atoms with Crippen LogP contribution >= 0.6 is 0 Å². The fraction of sp³-hybridized carbons (Fsp3) is 0.526. The van der Waals surface area contributed by atoms with Crippen LogP contribution in [0.1, 0.15) is 25.0 Å². The van der Waals surface area contributed by atoms with Gasteiger partial charge in [-0.1, -0.05) is 6.07 Å². The molecule has 0 aliphatic carbocycles. The molecule has 5 heteroatoms. The average molecular weight is 323 g/mol. The molecular formula is C19H25N5. The van der Waals surface area contributed by atoms with Gasteiger partial charge in [-0.2, -0.15) is 0 Å². The smallest absolute Gasteiger partial charge is 0.180 e. The van der Waals surface area contributed by atoms with E-state index in [2.05, 4.69) is 32.9 Å². The van der Waals surface area contributed by atoms with Gasteiger partial charge in [0.15, 0.2) is 5.82 Å². The standard InChI is InChI=1S/C19H25N5/c1-14-12-18(22-19(21-14)16-7-3-4-9-20-16)24-10-5-6-15-13-23(2)11-8-17(15)24/h3-4,7,9,12,15,17H,5-6,8,10-11,13H2,1-2H3/t15-,17+/m1/s1. The maximum Gasteiger partial charge on any atom is 0.180 e. The van der Waals surface area contributed by atoms with Crippen molar-refractivity contribution in [3.8, 4) is 11.5 Å². The molecule has 4 heterocycles. The molecule has 0 aromatic carbocycles. The lowest BCUT2D eigenvalue weighted by Gasteiger charge is -2.47. The molecule has 24 heavy (non-hydrogen) atoms. The monoisotopic (exact) mass is 323 g/mol. The normalized spacial score (nSPS) is 24.7. The van der Waals surface area contributed by atoms with E-state index in [9.17, 15) is 0 Å². The van der Waals surface area contributed by atoms with Gasteiger partial charge in [-0.3, -0.25) is 4.98 Å². The van der Waals surface area contributed by atoms with Crippen molar-refractivity contribution in [2.24, 2.45) is 5.92 Å². The number of aromatic nitrogens is 3. The highest BCUT2D eigenvalue weighted by molar-refractivity contribution is 5.54. The number of hydrogen-bond donors (Lipinski definition) is 0. The number of likely N-dealkylation sites (tertiary alicyclic amines) is 1. The van der Waals surface area contributed by atoms with Crippen LogP contribution in [-0.2, 0) is 0 Å². The molecule has 4 rings (SSSR count). The van der Waals surface area contributed by atoms with E-state index in [0.717, 1.165) is 35.5 Å². The molecule has 2 aromatic rings. The van der Waals surface area contributed by atoms with Crippen LogP contribution in [0.25, 0.3) is 11.5 Å². The lowest BCUT2D eigenvalue weighted by molar-refractivity contribution is 0.154. The summed E-state index contributed by atoms with van der Waals surface area (Å²) in [5, 5.41) is 0. The Bertz CT molecular complexity index is 702. The van der Waals surface area contributed by atoms with Gasteiger partial charge in [0, 0.05) is 37.1 Å². The Morgan fingerprint density at radius 1 is 1.12 bits per heavy atom. The first-order chi connectivity index (χ1) is 11.7. The van der Waals surface area contributed by atoms with E-state index >= 15 is 0 Å². The first kappa shape index (κ1) is 15.5. The lowest BCUT2D eigenvalue weighted by Crippen LogP contribution is -2.53. The lowest BCUT2D eigenvalue weighted by atomic mass is 9.84. The second-order valence-electron chi connectivity index (χ2n) is 7.12. The number of anilines is 1. The molecule has 0 radical (unpaired) electrons. The van der Waals surface area contributed by atoms with Crippen LogP contribution in [0.3, 0.4) is 0 Å². The number of pyridine rings is 1. The third kappa shape index (κ3) is 3.00. The van der Waals surface area contributed by atoms with Crippen molar-refractivity contribution in [1.82, 2.24) is 19.9 Å². The number of fused-ring (bicyclic) bond motifs is 1. The maximum atomic E-state index is 4.88. The van der Waals surface area contributed by atoms with Gasteiger partial charge in [-0.05, 0) is 57.8 Å². The van der Waals surface area contributed by atoms with Gasteiger partial charge >= 0.3 is 0 Å². The van der Waals surface area contributed by atoms with Gasteiger partial charge in [-0.25, -0.2) is 9.97 Å². The Morgan fingerprint density at radius 2 is 2.04 bits per heavy atom. The third-order valence-electron chi connectivity index (χ3n) is 5.30. The molecule has 2 atom stereocenters. The van der Waals surface area contributed by atoms with Crippen LogP contribution in [0.2, 0.25) is 0 Å². The molecule has 0 saturated carbocycles. The minimum absolute atomic E-state index is 0.612. The summed E-state index contributed by atoms with van der Waals surface area (Å²) >= 11 is 0. The van der Waals surface area contributed by atoms with Crippen LogP contribution < -0.4 is 4.90 Å². The second-order valence-corrected chi connectivity index (χ2v) is 7.12. The third-order valence-corrected chi connectivity index (χ3v) is 5.30. The van der Waals surface area contributed by atoms with Crippen LogP contribution in [0, 0.1) is 12.8 Å². The van der Waals surface area contributed by atoms with Crippen LogP contribution in [0.4, 0.5) is 5.82 Å². The number of nitrogens with zero attached hydrogens (tertiary/aromatic N) is 5. The van der Waals surface area contributed by atoms with Gasteiger partial charge < -0.3 is 9.80 Å². The van der Waals surface area contributed by atoms with Gasteiger partial charge in [0.25, 0.3) is 0 Å². The van der Waals surface area contributed by atoms with Crippen LogP contribution in [-0.4, -0.2) is 52.6 Å². The molecule has 2 aromatic heterocycles. The van der Waals surface area contributed by atoms with Gasteiger partial charge in [0.2, 0.25) is 0 Å². The molecule has 2 aliphatic rings. The summed E-state index contributed by atoms with van der Waals surface area (Å²) in [5.41, 5.74) is 1.86. The molecule has 0 amide bonds. The first-order valence-electron chi connectivity index (χ1n) is 8.93. The van der Waals surface area contributed by atoms with Crippen molar-refractivity contribution in [2.75, 3.05) is 31.6 Å². The van der Waals surface area contributed by atoms with E-state index in [1.807, 2.05) is 25.1 Å². The summed E-state index contributed by atoms with van der Waals surface area (Å²) in [5.74, 6) is 2.56. The highest BCUT2D eigenvalue weighted by Gasteiger charge is 2.35. The minimum Gasteiger partial charge on any atom is -0.353 e. The van der Waals surface area contributed by atoms with E-state index in [4.69, 9.17) is 4.98 Å². The number of piperidine rings is 2. The van der Waals surface area contributed by atoms with E-state index in [-0.39, 0.29) is 0 Å². The van der Waals surface area contributed by atoms with E-state index in [0.29, 0.717) is 6.04 Å². The molecule has 2 fully saturated rings. The number of rotatable bonds is 2. The number of hydrogen-bond acceptors (Lipinski definition) is 5. The zero-order valence-corrected chi connectivity index (χ0v) is 14.5. The molecule has 2 saturated heterocycles. The van der Waals surface area contributed by atoms with E-state index < -0.39 is 0 Å². The maximum absolute atomic E-state index is 4.88. The summed E-state index contributed by atoms with van der Waals surface area (Å²) in [6.07, 6.45) is 5.61. The van der Waals surface area contributed by atoms with Gasteiger partial charge in [0.1, 0.15) is 11.5 Å². The Morgan fingerprint density at radius 3 is 2.88 bits per heavy atom. The Kier molecular flexibility index (Phi) is 4.19. The minimum atomic E-state index is 0.612. The first-order valence-corrected chi connectivity index (χ1v) is 8.93. The van der Waals surface area contributed by atoms with Crippen molar-refractivity contribution in [2.45, 2.75) is 32.2 Å². The molecular weight excluding hydrogens is 298 g/mol. The van der Waals surface area contributed by atoms with Crippen molar-refractivity contribution in [3.63, 3.8) is 0 Å². The van der Waals surface area contributed by atoms with Crippen LogP contribution in [0.5, 0.6) is 0 Å². The predicted octanol–water partition coefficient (Wildman–Crippen LogP) is 2.77. The highest BCUT2D eigenvalue weighted by Crippen LogP contribution is 2.33. The molecule has 5 nitrogen and oxygen atoms in total. The fourth-order valence-corrected chi connectivity index (χ4v) is 4.18. The quantitative estimate of drug-likeness (QED) is 0.850. The highest BCUT2D eigenvalue weighted by atomic mass is 15.3. The Hall–Kier alpha value is -2.01. The predicted molar refractivity (Wildman–Crippen MR) is 96.0 cm³/mol. The summed E-state index contributed by atoms with van der Waals surface area (Å²) < 4.78 is 0. The second kappa shape index (κ2) is 6.48. The van der Waals surface area contributed by atoms with Crippen molar-refractivity contribution >= 4 is 5.82 Å². The topological polar surface area (TPSA) is 45.2 Å². The zero-order valence-electron chi connectivity index (χ0n) is 14.5. The molecule has 126 valence electrons. The van der Waals surface area contributed by atoms with Gasteiger partial charge in [0.05, 0.1) is 0 Å². The molecule has 0 spiro atoms. The largest absolute Gasteiger partial charge is 0.353 e. The van der Waals surface area contributed by atoms with Gasteiger partial charge in [-0.15, -0.1) is 0 Å². The summed E-state index contributed by atoms with van der Waals surface area (Å²) in [4.78, 5) is 18.9. The average Bonchev–Trinajstić information content (AvgIpc) is 2.61. The van der Waals surface area contributed by atoms with Crippen molar-refractivity contribution in [3.05, 3.63) is 36.2 Å². The number of aryl methyl sites for hydroxylation is 1. The Labute approximate surface area is 143 Å². The molecule has 0 unspecified atom stereocenters. The Balaban J connectivity index is 1.67. The van der Waals surface area contributed by atoms with Crippen LogP contribution in [0.15, 0.2) is 30.5 Å². The zero-order chi connectivity index (χ0) is 16.5. The molecule has 0 bridgehead atoms. The van der Waals surface area contributed by atoms with Crippen molar-refractivity contribution < 1.29 is 0 Å². The summed E-state index contributed by atoms with van der Waals surface area (Å²) in [6, 6.07) is 8.64. The molecule has 0 N–H and O–H groups in total. The van der Waals surface area contributed by atoms with Crippen molar-refractivity contribution in [1.29, 1.82) is 0 Å². The van der Waals surface area contributed by atoms with E-state index in [1.165, 1.54) is 32.4 Å². The SMILES string of the molecule is Cc1cc(N2CCC[C@@H]3CN(C)CC[C@@H]32)nc(-c2ccccn2)n1. The summed E-state index contributed by atoms with van der Waals surface area (Å²) in [7, 11) is 2.24. The summed E-state index contributed by atoms with van der Waals surface area (Å²) in [6.45, 7) is 5.53.